The molecule has 0 aliphatic rings. The standard InChI is InChI=1S/C24H26O2/c25-23-17-5-3-11-21(23)15-7-13-19-9-1-2-10-20(19)14-8-16-22-12-4-6-18-24(22)26/h1-6,9-12,17-18,25-26H,7-8,13-16H2. The van der Waals surface area contributed by atoms with Crippen LogP contribution in [0.3, 0.4) is 0 Å². The quantitative estimate of drug-likeness (QED) is 0.569. The molecule has 3 rings (SSSR count). The fraction of sp³-hybridized carbons (Fsp3) is 0.250. The molecule has 0 fully saturated rings. The Kier molecular flexibility index (Phi) is 6.32. The average Bonchev–Trinajstić information content (AvgIpc) is 2.66. The van der Waals surface area contributed by atoms with Crippen LogP contribution < -0.4 is 0 Å². The van der Waals surface area contributed by atoms with Gasteiger partial charge in [-0.1, -0.05) is 60.7 Å². The molecule has 0 amide bonds. The number of para-hydroxylation sites is 2. The van der Waals surface area contributed by atoms with Crippen LogP contribution in [-0.2, 0) is 25.7 Å². The summed E-state index contributed by atoms with van der Waals surface area (Å²) >= 11 is 0. The summed E-state index contributed by atoms with van der Waals surface area (Å²) in [5.74, 6) is 0.784. The van der Waals surface area contributed by atoms with Gasteiger partial charge in [-0.15, -0.1) is 0 Å². The number of benzene rings is 3. The van der Waals surface area contributed by atoms with Crippen molar-refractivity contribution >= 4 is 0 Å². The molecule has 0 unspecified atom stereocenters. The Balaban J connectivity index is 1.54. The molecule has 0 radical (unpaired) electrons. The summed E-state index contributed by atoms with van der Waals surface area (Å²) in [6.07, 6.45) is 5.85. The third-order valence-corrected chi connectivity index (χ3v) is 4.89. The molecule has 0 heterocycles. The first-order valence-electron chi connectivity index (χ1n) is 9.34. The van der Waals surface area contributed by atoms with Gasteiger partial charge < -0.3 is 10.2 Å². The molecule has 2 N–H and O–H groups in total. The second-order valence-corrected chi connectivity index (χ2v) is 6.73. The molecule has 3 aromatic rings. The Labute approximate surface area is 155 Å². The molecule has 2 nitrogen and oxygen atoms in total. The molecule has 0 aromatic heterocycles. The molecule has 134 valence electrons. The first-order valence-corrected chi connectivity index (χ1v) is 9.34. The van der Waals surface area contributed by atoms with Gasteiger partial charge in [-0.05, 0) is 72.9 Å². The van der Waals surface area contributed by atoms with Crippen LogP contribution in [0.4, 0.5) is 0 Å². The van der Waals surface area contributed by atoms with Crippen molar-refractivity contribution in [1.29, 1.82) is 0 Å². The third-order valence-electron chi connectivity index (χ3n) is 4.89. The number of aryl methyl sites for hydroxylation is 4. The summed E-state index contributed by atoms with van der Waals surface area (Å²) in [7, 11) is 0. The molecule has 0 saturated carbocycles. The van der Waals surface area contributed by atoms with Crippen molar-refractivity contribution in [1.82, 2.24) is 0 Å². The SMILES string of the molecule is Oc1ccccc1CCCc1ccccc1CCCc1ccccc1O. The number of rotatable bonds is 8. The summed E-state index contributed by atoms with van der Waals surface area (Å²) in [5, 5.41) is 19.8. The maximum absolute atomic E-state index is 9.89. The van der Waals surface area contributed by atoms with Crippen molar-refractivity contribution in [2.45, 2.75) is 38.5 Å². The fourth-order valence-electron chi connectivity index (χ4n) is 3.43. The van der Waals surface area contributed by atoms with E-state index in [0.717, 1.165) is 49.7 Å². The Morgan fingerprint density at radius 3 is 1.12 bits per heavy atom. The minimum Gasteiger partial charge on any atom is -0.508 e. The second kappa shape index (κ2) is 9.10. The van der Waals surface area contributed by atoms with E-state index in [9.17, 15) is 10.2 Å². The lowest BCUT2D eigenvalue weighted by Gasteiger charge is -2.10. The molecule has 0 bridgehead atoms. The highest BCUT2D eigenvalue weighted by atomic mass is 16.3. The van der Waals surface area contributed by atoms with Crippen LogP contribution in [-0.4, -0.2) is 10.2 Å². The molecule has 3 aromatic carbocycles. The van der Waals surface area contributed by atoms with Crippen molar-refractivity contribution in [3.8, 4) is 11.5 Å². The van der Waals surface area contributed by atoms with Gasteiger partial charge in [0.05, 0.1) is 0 Å². The minimum absolute atomic E-state index is 0.392. The molecule has 26 heavy (non-hydrogen) atoms. The van der Waals surface area contributed by atoms with Gasteiger partial charge in [0, 0.05) is 0 Å². The summed E-state index contributed by atoms with van der Waals surface area (Å²) < 4.78 is 0. The summed E-state index contributed by atoms with van der Waals surface area (Å²) in [5.41, 5.74) is 4.81. The van der Waals surface area contributed by atoms with E-state index in [0.29, 0.717) is 11.5 Å². The Morgan fingerprint density at radius 1 is 0.423 bits per heavy atom. The number of phenols is 2. The van der Waals surface area contributed by atoms with Gasteiger partial charge in [0.25, 0.3) is 0 Å². The van der Waals surface area contributed by atoms with Gasteiger partial charge in [-0.3, -0.25) is 0 Å². The van der Waals surface area contributed by atoms with E-state index < -0.39 is 0 Å². The van der Waals surface area contributed by atoms with E-state index in [1.165, 1.54) is 11.1 Å². The van der Waals surface area contributed by atoms with Crippen LogP contribution in [0, 0.1) is 0 Å². The maximum atomic E-state index is 9.89. The topological polar surface area (TPSA) is 40.5 Å². The van der Waals surface area contributed by atoms with Gasteiger partial charge in [0.2, 0.25) is 0 Å². The van der Waals surface area contributed by atoms with Crippen molar-refractivity contribution in [2.75, 3.05) is 0 Å². The summed E-state index contributed by atoms with van der Waals surface area (Å²) in [6.45, 7) is 0. The van der Waals surface area contributed by atoms with E-state index >= 15 is 0 Å². The molecular weight excluding hydrogens is 320 g/mol. The maximum Gasteiger partial charge on any atom is 0.118 e. The van der Waals surface area contributed by atoms with Crippen molar-refractivity contribution in [3.05, 3.63) is 95.1 Å². The zero-order chi connectivity index (χ0) is 18.2. The smallest absolute Gasteiger partial charge is 0.118 e. The van der Waals surface area contributed by atoms with Crippen LogP contribution >= 0.6 is 0 Å². The Morgan fingerprint density at radius 2 is 0.731 bits per heavy atom. The average molecular weight is 346 g/mol. The van der Waals surface area contributed by atoms with Crippen LogP contribution in [0.2, 0.25) is 0 Å². The molecule has 0 aliphatic heterocycles. The summed E-state index contributed by atoms with van der Waals surface area (Å²) in [6, 6.07) is 23.8. The van der Waals surface area contributed by atoms with Crippen LogP contribution in [0.15, 0.2) is 72.8 Å². The molecular formula is C24H26O2. The number of hydrogen-bond acceptors (Lipinski definition) is 2. The van der Waals surface area contributed by atoms with Crippen molar-refractivity contribution < 1.29 is 10.2 Å². The zero-order valence-corrected chi connectivity index (χ0v) is 15.1. The number of hydrogen-bond donors (Lipinski definition) is 2. The number of aromatic hydroxyl groups is 2. The summed E-state index contributed by atoms with van der Waals surface area (Å²) in [4.78, 5) is 0. The van der Waals surface area contributed by atoms with E-state index in [2.05, 4.69) is 24.3 Å². The monoisotopic (exact) mass is 346 g/mol. The van der Waals surface area contributed by atoms with Crippen molar-refractivity contribution in [2.24, 2.45) is 0 Å². The lowest BCUT2D eigenvalue weighted by molar-refractivity contribution is 0.466. The first-order chi connectivity index (χ1) is 12.7. The lowest BCUT2D eigenvalue weighted by atomic mass is 9.95. The van der Waals surface area contributed by atoms with Gasteiger partial charge in [-0.25, -0.2) is 0 Å². The van der Waals surface area contributed by atoms with E-state index in [1.807, 2.05) is 36.4 Å². The van der Waals surface area contributed by atoms with E-state index in [4.69, 9.17) is 0 Å². The zero-order valence-electron chi connectivity index (χ0n) is 15.1. The largest absolute Gasteiger partial charge is 0.508 e. The molecule has 2 heteroatoms. The van der Waals surface area contributed by atoms with Gasteiger partial charge in [0.15, 0.2) is 0 Å². The Bertz CT molecular complexity index is 768. The van der Waals surface area contributed by atoms with Gasteiger partial charge in [-0.2, -0.15) is 0 Å². The molecule has 0 saturated heterocycles. The highest BCUT2D eigenvalue weighted by Crippen LogP contribution is 2.21. The predicted octanol–water partition coefficient (Wildman–Crippen LogP) is 5.45. The molecule has 0 aliphatic carbocycles. The van der Waals surface area contributed by atoms with E-state index in [1.54, 1.807) is 12.1 Å². The van der Waals surface area contributed by atoms with Gasteiger partial charge in [0.1, 0.15) is 11.5 Å². The normalized spacial score (nSPS) is 10.8. The molecule has 0 atom stereocenters. The fourth-order valence-corrected chi connectivity index (χ4v) is 3.43. The highest BCUT2D eigenvalue weighted by molar-refractivity contribution is 5.33. The Hall–Kier alpha value is -2.74. The predicted molar refractivity (Wildman–Crippen MR) is 107 cm³/mol. The van der Waals surface area contributed by atoms with Gasteiger partial charge >= 0.3 is 0 Å². The van der Waals surface area contributed by atoms with E-state index in [-0.39, 0.29) is 0 Å². The lowest BCUT2D eigenvalue weighted by Crippen LogP contribution is -1.98. The molecule has 0 spiro atoms. The van der Waals surface area contributed by atoms with Crippen molar-refractivity contribution in [3.63, 3.8) is 0 Å². The van der Waals surface area contributed by atoms with Crippen LogP contribution in [0.25, 0.3) is 0 Å². The second-order valence-electron chi connectivity index (χ2n) is 6.73. The van der Waals surface area contributed by atoms with Crippen LogP contribution in [0.1, 0.15) is 35.1 Å². The highest BCUT2D eigenvalue weighted by Gasteiger charge is 2.05. The van der Waals surface area contributed by atoms with Crippen LogP contribution in [0.5, 0.6) is 11.5 Å². The minimum atomic E-state index is 0.392. The first kappa shape index (κ1) is 18.1. The third kappa shape index (κ3) is 4.89. The number of phenolic OH excluding ortho intramolecular Hbond substituents is 2.